The zero-order valence-electron chi connectivity index (χ0n) is 10.6. The number of rotatable bonds is 3. The molecule has 2 heterocycles. The van der Waals surface area contributed by atoms with Crippen molar-refractivity contribution in [2.24, 2.45) is 0 Å². The second kappa shape index (κ2) is 6.45. The summed E-state index contributed by atoms with van der Waals surface area (Å²) in [5, 5.41) is 0.523. The van der Waals surface area contributed by atoms with Crippen molar-refractivity contribution in [2.45, 2.75) is 26.4 Å². The average molecular weight is 382 g/mol. The van der Waals surface area contributed by atoms with Crippen molar-refractivity contribution in [1.29, 1.82) is 0 Å². The molecule has 1 fully saturated rings. The number of halogens is 2. The van der Waals surface area contributed by atoms with Crippen molar-refractivity contribution in [1.82, 2.24) is 14.9 Å². The van der Waals surface area contributed by atoms with Gasteiger partial charge < -0.3 is 4.74 Å². The first-order valence-electron chi connectivity index (χ1n) is 6.15. The van der Waals surface area contributed by atoms with Crippen LogP contribution in [0.5, 0.6) is 0 Å². The van der Waals surface area contributed by atoms with E-state index in [0.717, 1.165) is 41.9 Å². The van der Waals surface area contributed by atoms with E-state index in [1.54, 1.807) is 0 Å². The third kappa shape index (κ3) is 3.31. The van der Waals surface area contributed by atoms with Gasteiger partial charge in [-0.2, -0.15) is 0 Å². The van der Waals surface area contributed by atoms with Crippen LogP contribution in [0.15, 0.2) is 0 Å². The normalized spacial score (nSPS) is 21.2. The fourth-order valence-electron chi connectivity index (χ4n) is 2.07. The fourth-order valence-corrected chi connectivity index (χ4v) is 2.53. The molecule has 1 atom stereocenters. The molecule has 1 aromatic rings. The molecule has 0 bridgehead atoms. The summed E-state index contributed by atoms with van der Waals surface area (Å²) < 4.78 is 6.68. The first kappa shape index (κ1) is 14.4. The van der Waals surface area contributed by atoms with Crippen LogP contribution in [-0.4, -0.2) is 41.1 Å². The van der Waals surface area contributed by atoms with E-state index in [2.05, 4.69) is 44.4 Å². The quantitative estimate of drug-likeness (QED) is 0.596. The van der Waals surface area contributed by atoms with Gasteiger partial charge in [-0.15, -0.1) is 0 Å². The topological polar surface area (TPSA) is 38.2 Å². The summed E-state index contributed by atoms with van der Waals surface area (Å²) in [5.41, 5.74) is 0.918. The van der Waals surface area contributed by atoms with Gasteiger partial charge in [0.05, 0.1) is 15.9 Å². The lowest BCUT2D eigenvalue weighted by atomic mass is 10.2. The maximum absolute atomic E-state index is 6.11. The summed E-state index contributed by atoms with van der Waals surface area (Å²) in [6, 6.07) is 0. The van der Waals surface area contributed by atoms with Crippen molar-refractivity contribution < 1.29 is 4.74 Å². The average Bonchev–Trinajstić information content (AvgIpc) is 2.36. The van der Waals surface area contributed by atoms with Gasteiger partial charge >= 0.3 is 0 Å². The van der Waals surface area contributed by atoms with E-state index in [1.807, 2.05) is 6.92 Å². The summed E-state index contributed by atoms with van der Waals surface area (Å²) in [7, 11) is 0. The molecule has 6 heteroatoms. The van der Waals surface area contributed by atoms with Crippen LogP contribution < -0.4 is 0 Å². The zero-order chi connectivity index (χ0) is 13.1. The molecule has 0 aromatic carbocycles. The van der Waals surface area contributed by atoms with Crippen LogP contribution in [0, 0.1) is 10.5 Å². The van der Waals surface area contributed by atoms with Gasteiger partial charge in [0.25, 0.3) is 0 Å². The molecule has 100 valence electrons. The maximum atomic E-state index is 6.11. The molecule has 1 unspecified atom stereocenters. The Morgan fingerprint density at radius 1 is 1.50 bits per heavy atom. The van der Waals surface area contributed by atoms with Crippen molar-refractivity contribution in [3.05, 3.63) is 20.2 Å². The minimum atomic E-state index is -0.0569. The Morgan fingerprint density at radius 2 is 2.28 bits per heavy atom. The molecule has 0 spiro atoms. The van der Waals surface area contributed by atoms with Crippen LogP contribution in [0.25, 0.3) is 0 Å². The Kier molecular flexibility index (Phi) is 5.17. The second-order valence-corrected chi connectivity index (χ2v) is 5.87. The van der Waals surface area contributed by atoms with Gasteiger partial charge in [-0.3, -0.25) is 4.90 Å². The molecule has 4 nitrogen and oxygen atoms in total. The Morgan fingerprint density at radius 3 is 2.94 bits per heavy atom. The molecule has 0 N–H and O–H groups in total. The highest BCUT2D eigenvalue weighted by molar-refractivity contribution is 14.1. The highest BCUT2D eigenvalue weighted by Crippen LogP contribution is 2.24. The van der Waals surface area contributed by atoms with E-state index in [-0.39, 0.29) is 6.10 Å². The summed E-state index contributed by atoms with van der Waals surface area (Å²) in [4.78, 5) is 11.2. The number of nitrogens with zero attached hydrogens (tertiary/aromatic N) is 3. The Labute approximate surface area is 126 Å². The summed E-state index contributed by atoms with van der Waals surface area (Å²) in [5.74, 6) is 0.707. The molecule has 1 aliphatic rings. The minimum Gasteiger partial charge on any atom is -0.368 e. The third-order valence-corrected chi connectivity index (χ3v) is 4.86. The molecule has 1 aromatic heterocycles. The number of aryl methyl sites for hydroxylation is 1. The number of hydrogen-bond acceptors (Lipinski definition) is 4. The van der Waals surface area contributed by atoms with Crippen LogP contribution in [-0.2, 0) is 4.74 Å². The van der Waals surface area contributed by atoms with Crippen LogP contribution in [0.4, 0.5) is 0 Å². The number of morpholine rings is 1. The van der Waals surface area contributed by atoms with Crippen LogP contribution >= 0.6 is 34.2 Å². The Balaban J connectivity index is 2.15. The number of hydrogen-bond donors (Lipinski definition) is 0. The lowest BCUT2D eigenvalue weighted by Gasteiger charge is -2.32. The third-order valence-electron chi connectivity index (χ3n) is 2.97. The van der Waals surface area contributed by atoms with Gasteiger partial charge in [0.15, 0.2) is 5.82 Å². The van der Waals surface area contributed by atoms with E-state index in [9.17, 15) is 0 Å². The van der Waals surface area contributed by atoms with Crippen molar-refractivity contribution in [2.75, 3.05) is 26.2 Å². The van der Waals surface area contributed by atoms with Gasteiger partial charge in [0, 0.05) is 13.1 Å². The summed E-state index contributed by atoms with van der Waals surface area (Å²) in [6.45, 7) is 7.80. The lowest BCUT2D eigenvalue weighted by Crippen LogP contribution is -2.39. The highest BCUT2D eigenvalue weighted by Gasteiger charge is 2.24. The minimum absolute atomic E-state index is 0.0569. The summed E-state index contributed by atoms with van der Waals surface area (Å²) >= 11 is 8.27. The molecule has 2 rings (SSSR count). The number of ether oxygens (including phenoxy) is 1. The van der Waals surface area contributed by atoms with Crippen molar-refractivity contribution >= 4 is 34.2 Å². The monoisotopic (exact) mass is 381 g/mol. The van der Waals surface area contributed by atoms with Crippen LogP contribution in [0.1, 0.15) is 31.0 Å². The van der Waals surface area contributed by atoms with Gasteiger partial charge in [0.1, 0.15) is 11.3 Å². The molecule has 1 saturated heterocycles. The Bertz CT molecular complexity index is 405. The largest absolute Gasteiger partial charge is 0.368 e. The summed E-state index contributed by atoms with van der Waals surface area (Å²) in [6.07, 6.45) is 1.10. The molecular weight excluding hydrogens is 365 g/mol. The zero-order valence-corrected chi connectivity index (χ0v) is 13.5. The van der Waals surface area contributed by atoms with E-state index in [0.29, 0.717) is 11.0 Å². The highest BCUT2D eigenvalue weighted by atomic mass is 127. The smallest absolute Gasteiger partial charge is 0.160 e. The van der Waals surface area contributed by atoms with Crippen LogP contribution in [0.3, 0.4) is 0 Å². The molecular formula is C12H17ClIN3O. The standard InChI is InChI=1S/C12H17ClIN3O/c1-3-4-17-5-6-18-9(7-17)12-15-8(2)10(14)11(13)16-12/h9H,3-7H2,1-2H3. The molecule has 1 aliphatic heterocycles. The number of aromatic nitrogens is 2. The molecule has 0 radical (unpaired) electrons. The SMILES string of the molecule is CCCN1CCOC(c2nc(C)c(I)c(Cl)n2)C1. The van der Waals surface area contributed by atoms with Gasteiger partial charge in [-0.25, -0.2) is 9.97 Å². The van der Waals surface area contributed by atoms with E-state index >= 15 is 0 Å². The van der Waals surface area contributed by atoms with Crippen LogP contribution in [0.2, 0.25) is 5.15 Å². The van der Waals surface area contributed by atoms with Crippen molar-refractivity contribution in [3.8, 4) is 0 Å². The van der Waals surface area contributed by atoms with E-state index in [1.165, 1.54) is 0 Å². The van der Waals surface area contributed by atoms with Crippen molar-refractivity contribution in [3.63, 3.8) is 0 Å². The predicted octanol–water partition coefficient (Wildman–Crippen LogP) is 2.83. The second-order valence-electron chi connectivity index (χ2n) is 4.43. The van der Waals surface area contributed by atoms with E-state index in [4.69, 9.17) is 16.3 Å². The Hall–Kier alpha value is 0.0200. The fraction of sp³-hybridized carbons (Fsp3) is 0.667. The van der Waals surface area contributed by atoms with E-state index < -0.39 is 0 Å². The first-order chi connectivity index (χ1) is 8.61. The van der Waals surface area contributed by atoms with Gasteiger partial charge in [-0.1, -0.05) is 18.5 Å². The van der Waals surface area contributed by atoms with Gasteiger partial charge in [-0.05, 0) is 42.5 Å². The van der Waals surface area contributed by atoms with Gasteiger partial charge in [0.2, 0.25) is 0 Å². The molecule has 0 saturated carbocycles. The molecule has 0 amide bonds. The lowest BCUT2D eigenvalue weighted by molar-refractivity contribution is -0.0343. The molecule has 18 heavy (non-hydrogen) atoms. The molecule has 0 aliphatic carbocycles. The maximum Gasteiger partial charge on any atom is 0.160 e. The first-order valence-corrected chi connectivity index (χ1v) is 7.61. The predicted molar refractivity (Wildman–Crippen MR) is 79.9 cm³/mol.